The highest BCUT2D eigenvalue weighted by Crippen LogP contribution is 2.33. The standard InChI is InChI=1S/C14H10FNO2/c1-17-11-8-7-10-12(13(11)15)14(16-18-10)9-5-3-2-4-6-9/h2-8H,1H3. The number of hydrogen-bond acceptors (Lipinski definition) is 3. The van der Waals surface area contributed by atoms with E-state index in [1.165, 1.54) is 13.2 Å². The molecule has 0 bridgehead atoms. The van der Waals surface area contributed by atoms with E-state index in [2.05, 4.69) is 5.16 Å². The first-order valence-corrected chi connectivity index (χ1v) is 5.48. The van der Waals surface area contributed by atoms with E-state index < -0.39 is 5.82 Å². The third-order valence-electron chi connectivity index (χ3n) is 2.81. The molecule has 0 saturated heterocycles. The summed E-state index contributed by atoms with van der Waals surface area (Å²) in [6, 6.07) is 12.5. The molecule has 0 atom stereocenters. The lowest BCUT2D eigenvalue weighted by atomic mass is 10.1. The molecule has 0 fully saturated rings. The van der Waals surface area contributed by atoms with Crippen molar-refractivity contribution >= 4 is 11.0 Å². The highest BCUT2D eigenvalue weighted by Gasteiger charge is 2.17. The van der Waals surface area contributed by atoms with Crippen LogP contribution in [-0.2, 0) is 0 Å². The summed E-state index contributed by atoms with van der Waals surface area (Å²) in [5, 5.41) is 4.28. The van der Waals surface area contributed by atoms with Gasteiger partial charge in [0.15, 0.2) is 17.1 Å². The zero-order valence-electron chi connectivity index (χ0n) is 9.68. The van der Waals surface area contributed by atoms with Crippen molar-refractivity contribution in [2.75, 3.05) is 7.11 Å². The molecule has 18 heavy (non-hydrogen) atoms. The maximum absolute atomic E-state index is 14.2. The van der Waals surface area contributed by atoms with Crippen molar-refractivity contribution in [3.05, 3.63) is 48.3 Å². The van der Waals surface area contributed by atoms with Crippen LogP contribution in [0.3, 0.4) is 0 Å². The molecule has 0 spiro atoms. The van der Waals surface area contributed by atoms with Crippen LogP contribution in [-0.4, -0.2) is 12.3 Å². The molecule has 1 aromatic heterocycles. The number of nitrogens with zero attached hydrogens (tertiary/aromatic N) is 1. The highest BCUT2D eigenvalue weighted by atomic mass is 19.1. The van der Waals surface area contributed by atoms with E-state index in [4.69, 9.17) is 9.26 Å². The van der Waals surface area contributed by atoms with E-state index >= 15 is 0 Å². The number of aromatic nitrogens is 1. The average molecular weight is 243 g/mol. The van der Waals surface area contributed by atoms with Gasteiger partial charge < -0.3 is 9.26 Å². The molecule has 0 amide bonds. The molecule has 90 valence electrons. The second-order valence-corrected chi connectivity index (χ2v) is 3.85. The minimum atomic E-state index is -0.449. The lowest BCUT2D eigenvalue weighted by Gasteiger charge is -2.02. The molecule has 3 rings (SSSR count). The number of halogens is 1. The van der Waals surface area contributed by atoms with E-state index in [1.54, 1.807) is 6.07 Å². The van der Waals surface area contributed by atoms with Crippen molar-refractivity contribution in [3.63, 3.8) is 0 Å². The van der Waals surface area contributed by atoms with Crippen LogP contribution < -0.4 is 4.74 Å². The van der Waals surface area contributed by atoms with Crippen LogP contribution in [0.15, 0.2) is 47.0 Å². The molecular formula is C14H10FNO2. The summed E-state index contributed by atoms with van der Waals surface area (Å²) < 4.78 is 24.3. The fraction of sp³-hybridized carbons (Fsp3) is 0.0714. The average Bonchev–Trinajstić information content (AvgIpc) is 2.85. The Morgan fingerprint density at radius 3 is 2.61 bits per heavy atom. The summed E-state index contributed by atoms with van der Waals surface area (Å²) in [4.78, 5) is 0. The normalized spacial score (nSPS) is 10.8. The molecule has 0 radical (unpaired) electrons. The van der Waals surface area contributed by atoms with Crippen LogP contribution in [0.2, 0.25) is 0 Å². The van der Waals surface area contributed by atoms with E-state index in [1.807, 2.05) is 30.3 Å². The summed E-state index contributed by atoms with van der Waals surface area (Å²) in [6.07, 6.45) is 0. The molecule has 0 aliphatic rings. The van der Waals surface area contributed by atoms with Crippen LogP contribution in [0.1, 0.15) is 0 Å². The molecule has 0 aliphatic heterocycles. The van der Waals surface area contributed by atoms with Gasteiger partial charge in [0, 0.05) is 5.56 Å². The molecule has 0 saturated carbocycles. The Balaban J connectivity index is 2.31. The lowest BCUT2D eigenvalue weighted by molar-refractivity contribution is 0.388. The number of rotatable bonds is 2. The van der Waals surface area contributed by atoms with Gasteiger partial charge in [-0.2, -0.15) is 0 Å². The Morgan fingerprint density at radius 2 is 1.89 bits per heavy atom. The van der Waals surface area contributed by atoms with Crippen LogP contribution in [0.4, 0.5) is 4.39 Å². The van der Waals surface area contributed by atoms with Gasteiger partial charge in [-0.3, -0.25) is 0 Å². The Labute approximate surface area is 103 Å². The summed E-state index contributed by atoms with van der Waals surface area (Å²) in [5.74, 6) is -0.266. The van der Waals surface area contributed by atoms with Gasteiger partial charge in [-0.05, 0) is 12.1 Å². The van der Waals surface area contributed by atoms with Crippen molar-refractivity contribution in [3.8, 4) is 17.0 Å². The maximum Gasteiger partial charge on any atom is 0.178 e. The van der Waals surface area contributed by atoms with Gasteiger partial charge in [0.1, 0.15) is 5.69 Å². The van der Waals surface area contributed by atoms with Gasteiger partial charge in [0.25, 0.3) is 0 Å². The van der Waals surface area contributed by atoms with Crippen LogP contribution in [0.5, 0.6) is 5.75 Å². The fourth-order valence-corrected chi connectivity index (χ4v) is 1.93. The van der Waals surface area contributed by atoms with Crippen molar-refractivity contribution in [2.24, 2.45) is 0 Å². The van der Waals surface area contributed by atoms with Crippen molar-refractivity contribution in [2.45, 2.75) is 0 Å². The number of methoxy groups -OCH3 is 1. The Kier molecular flexibility index (Phi) is 2.48. The summed E-state index contributed by atoms with van der Waals surface area (Å²) >= 11 is 0. The SMILES string of the molecule is COc1ccc2onc(-c3ccccc3)c2c1F. The Bertz CT molecular complexity index is 692. The topological polar surface area (TPSA) is 35.3 Å². The number of fused-ring (bicyclic) bond motifs is 1. The van der Waals surface area contributed by atoms with Gasteiger partial charge in [-0.15, -0.1) is 0 Å². The number of benzene rings is 2. The van der Waals surface area contributed by atoms with E-state index in [-0.39, 0.29) is 5.75 Å². The maximum atomic E-state index is 14.2. The smallest absolute Gasteiger partial charge is 0.178 e. The highest BCUT2D eigenvalue weighted by molar-refractivity contribution is 5.93. The predicted molar refractivity (Wildman–Crippen MR) is 66.0 cm³/mol. The number of hydrogen-bond donors (Lipinski definition) is 0. The predicted octanol–water partition coefficient (Wildman–Crippen LogP) is 3.64. The molecule has 2 aromatic carbocycles. The summed E-state index contributed by atoms with van der Waals surface area (Å²) in [6.45, 7) is 0. The van der Waals surface area contributed by atoms with Crippen molar-refractivity contribution < 1.29 is 13.7 Å². The second-order valence-electron chi connectivity index (χ2n) is 3.85. The third-order valence-corrected chi connectivity index (χ3v) is 2.81. The van der Waals surface area contributed by atoms with Crippen molar-refractivity contribution in [1.29, 1.82) is 0 Å². The van der Waals surface area contributed by atoms with Gasteiger partial charge in [0.2, 0.25) is 0 Å². The minimum Gasteiger partial charge on any atom is -0.494 e. The van der Waals surface area contributed by atoms with Crippen molar-refractivity contribution in [1.82, 2.24) is 5.16 Å². The Morgan fingerprint density at radius 1 is 1.11 bits per heavy atom. The molecule has 3 nitrogen and oxygen atoms in total. The van der Waals surface area contributed by atoms with Gasteiger partial charge in [-0.1, -0.05) is 35.5 Å². The van der Waals surface area contributed by atoms with Crippen LogP contribution in [0, 0.1) is 5.82 Å². The Hall–Kier alpha value is -2.36. The third kappa shape index (κ3) is 1.54. The zero-order valence-corrected chi connectivity index (χ0v) is 9.68. The van der Waals surface area contributed by atoms with E-state index in [9.17, 15) is 4.39 Å². The molecule has 0 unspecified atom stereocenters. The zero-order chi connectivity index (χ0) is 12.5. The summed E-state index contributed by atoms with van der Waals surface area (Å²) in [5.41, 5.74) is 1.71. The van der Waals surface area contributed by atoms with Crippen LogP contribution >= 0.6 is 0 Å². The summed E-state index contributed by atoms with van der Waals surface area (Å²) in [7, 11) is 1.43. The quantitative estimate of drug-likeness (QED) is 0.689. The van der Waals surface area contributed by atoms with Gasteiger partial charge in [-0.25, -0.2) is 4.39 Å². The van der Waals surface area contributed by atoms with Gasteiger partial charge in [0.05, 0.1) is 12.5 Å². The van der Waals surface area contributed by atoms with Crippen LogP contribution in [0.25, 0.3) is 22.2 Å². The molecule has 4 heteroatoms. The second kappa shape index (κ2) is 4.14. The van der Waals surface area contributed by atoms with E-state index in [0.717, 1.165) is 5.56 Å². The van der Waals surface area contributed by atoms with Gasteiger partial charge >= 0.3 is 0 Å². The monoisotopic (exact) mass is 243 g/mol. The van der Waals surface area contributed by atoms with E-state index in [0.29, 0.717) is 16.7 Å². The molecular weight excluding hydrogens is 233 g/mol. The first-order chi connectivity index (χ1) is 8.81. The minimum absolute atomic E-state index is 0.183. The first-order valence-electron chi connectivity index (χ1n) is 5.48. The number of ether oxygens (including phenoxy) is 1. The fourth-order valence-electron chi connectivity index (χ4n) is 1.93. The first kappa shape index (κ1) is 10.8. The molecule has 0 N–H and O–H groups in total. The molecule has 0 aliphatic carbocycles. The molecule has 1 heterocycles. The lowest BCUT2D eigenvalue weighted by Crippen LogP contribution is -1.89. The largest absolute Gasteiger partial charge is 0.494 e. The molecule has 3 aromatic rings.